The van der Waals surface area contributed by atoms with Gasteiger partial charge in [-0.1, -0.05) is 20.8 Å². The summed E-state index contributed by atoms with van der Waals surface area (Å²) in [4.78, 5) is 23.1. The van der Waals surface area contributed by atoms with Crippen LogP contribution in [0.15, 0.2) is 0 Å². The molecule has 0 aromatic rings. The van der Waals surface area contributed by atoms with E-state index < -0.39 is 17.6 Å². The predicted octanol–water partition coefficient (Wildman–Crippen LogP) is 1.52. The Morgan fingerprint density at radius 2 is 1.72 bits per heavy atom. The molecule has 0 aliphatic carbocycles. The predicted molar refractivity (Wildman–Crippen MR) is 71.4 cm³/mol. The number of nitrogens with one attached hydrogen (secondary N) is 2. The lowest BCUT2D eigenvalue weighted by Gasteiger charge is -2.29. The fourth-order valence-corrected chi connectivity index (χ4v) is 1.68. The van der Waals surface area contributed by atoms with Crippen LogP contribution in [-0.2, 0) is 9.59 Å². The zero-order valence-corrected chi connectivity index (χ0v) is 12.0. The van der Waals surface area contributed by atoms with E-state index in [4.69, 9.17) is 5.11 Å². The summed E-state index contributed by atoms with van der Waals surface area (Å²) >= 11 is 0. The van der Waals surface area contributed by atoms with Crippen molar-refractivity contribution in [3.63, 3.8) is 0 Å². The number of carbonyl (C=O) groups excluding carboxylic acids is 1. The van der Waals surface area contributed by atoms with Crippen LogP contribution in [0.4, 0.5) is 0 Å². The van der Waals surface area contributed by atoms with Crippen molar-refractivity contribution in [1.82, 2.24) is 10.6 Å². The number of carboxylic acids is 1. The molecule has 5 nitrogen and oxygen atoms in total. The maximum absolute atomic E-state index is 11.9. The van der Waals surface area contributed by atoms with E-state index in [2.05, 4.69) is 10.6 Å². The molecule has 2 atom stereocenters. The van der Waals surface area contributed by atoms with Crippen molar-refractivity contribution in [2.75, 3.05) is 0 Å². The molecule has 0 rings (SSSR count). The summed E-state index contributed by atoms with van der Waals surface area (Å²) in [7, 11) is 0. The van der Waals surface area contributed by atoms with Gasteiger partial charge in [-0.2, -0.15) is 0 Å². The van der Waals surface area contributed by atoms with E-state index in [1.807, 2.05) is 13.8 Å². The number of aliphatic carboxylic acids is 1. The molecule has 0 fully saturated rings. The molecule has 0 bridgehead atoms. The van der Waals surface area contributed by atoms with E-state index in [0.717, 1.165) is 12.8 Å². The molecule has 0 aliphatic heterocycles. The molecule has 0 aromatic carbocycles. The van der Waals surface area contributed by atoms with Crippen molar-refractivity contribution in [2.45, 2.75) is 71.5 Å². The zero-order valence-electron chi connectivity index (χ0n) is 12.0. The molecule has 0 saturated carbocycles. The molecule has 106 valence electrons. The largest absolute Gasteiger partial charge is 0.480 e. The maximum Gasteiger partial charge on any atom is 0.323 e. The highest BCUT2D eigenvalue weighted by atomic mass is 16.4. The minimum atomic E-state index is -1.06. The molecule has 18 heavy (non-hydrogen) atoms. The Balaban J connectivity index is 4.52. The second-order valence-electron chi connectivity index (χ2n) is 4.88. The Bertz CT molecular complexity index is 290. The van der Waals surface area contributed by atoms with Gasteiger partial charge in [0, 0.05) is 6.04 Å². The number of hydrogen-bond acceptors (Lipinski definition) is 3. The van der Waals surface area contributed by atoms with Crippen molar-refractivity contribution in [1.29, 1.82) is 0 Å². The van der Waals surface area contributed by atoms with Crippen molar-refractivity contribution in [3.8, 4) is 0 Å². The molecular formula is C13H26N2O3. The zero-order chi connectivity index (χ0) is 14.3. The molecule has 0 heterocycles. The van der Waals surface area contributed by atoms with Crippen molar-refractivity contribution in [3.05, 3.63) is 0 Å². The number of hydrogen-bond donors (Lipinski definition) is 3. The molecule has 0 spiro atoms. The van der Waals surface area contributed by atoms with Crippen LogP contribution in [0.5, 0.6) is 0 Å². The molecule has 3 N–H and O–H groups in total. The van der Waals surface area contributed by atoms with Crippen LogP contribution in [0.25, 0.3) is 0 Å². The molecule has 0 aliphatic rings. The third-order valence-electron chi connectivity index (χ3n) is 3.44. The van der Waals surface area contributed by atoms with Crippen LogP contribution in [0.3, 0.4) is 0 Å². The van der Waals surface area contributed by atoms with Gasteiger partial charge in [0.05, 0.1) is 6.04 Å². The van der Waals surface area contributed by atoms with Gasteiger partial charge in [0.15, 0.2) is 0 Å². The molecule has 5 heteroatoms. The Hall–Kier alpha value is -1.10. The van der Waals surface area contributed by atoms with Gasteiger partial charge in [-0.15, -0.1) is 0 Å². The fraction of sp³-hybridized carbons (Fsp3) is 0.846. The second kappa shape index (κ2) is 7.36. The van der Waals surface area contributed by atoms with E-state index in [1.165, 1.54) is 0 Å². The first-order chi connectivity index (χ1) is 8.30. The molecule has 0 aromatic heterocycles. The monoisotopic (exact) mass is 258 g/mol. The topological polar surface area (TPSA) is 78.4 Å². The third-order valence-corrected chi connectivity index (χ3v) is 3.44. The van der Waals surface area contributed by atoms with Crippen LogP contribution in [0, 0.1) is 0 Å². The summed E-state index contributed by atoms with van der Waals surface area (Å²) in [6.07, 6.45) is 2.17. The van der Waals surface area contributed by atoms with Gasteiger partial charge in [-0.25, -0.2) is 0 Å². The average Bonchev–Trinajstić information content (AvgIpc) is 2.34. The van der Waals surface area contributed by atoms with Crippen LogP contribution >= 0.6 is 0 Å². The lowest BCUT2D eigenvalue weighted by Crippen LogP contribution is -2.57. The summed E-state index contributed by atoms with van der Waals surface area (Å²) in [6, 6.07) is -0.369. The molecule has 0 radical (unpaired) electrons. The Morgan fingerprint density at radius 3 is 2.06 bits per heavy atom. The van der Waals surface area contributed by atoms with E-state index >= 15 is 0 Å². The molecule has 0 saturated heterocycles. The number of amides is 1. The Morgan fingerprint density at radius 1 is 1.22 bits per heavy atom. The Kier molecular flexibility index (Phi) is 6.91. The SMILES string of the molecule is CCC(CC)NC(=O)C(C)NC(C)(CC)C(=O)O. The standard InChI is InChI=1S/C13H26N2O3/c1-6-10(7-2)14-11(16)9(4)15-13(5,8-3)12(17)18/h9-10,15H,6-8H2,1-5H3,(H,14,16)(H,17,18). The highest BCUT2D eigenvalue weighted by molar-refractivity contribution is 5.84. The van der Waals surface area contributed by atoms with E-state index in [1.54, 1.807) is 20.8 Å². The normalized spacial score (nSPS) is 16.1. The van der Waals surface area contributed by atoms with Gasteiger partial charge in [0.25, 0.3) is 0 Å². The number of rotatable bonds is 8. The molecule has 2 unspecified atom stereocenters. The number of carboxylic acid groups (broad SMARTS) is 1. The van der Waals surface area contributed by atoms with Crippen LogP contribution in [0.2, 0.25) is 0 Å². The van der Waals surface area contributed by atoms with Gasteiger partial charge in [0.1, 0.15) is 5.54 Å². The highest BCUT2D eigenvalue weighted by Gasteiger charge is 2.34. The van der Waals surface area contributed by atoms with E-state index in [9.17, 15) is 9.59 Å². The van der Waals surface area contributed by atoms with Gasteiger partial charge in [-0.3, -0.25) is 14.9 Å². The second-order valence-corrected chi connectivity index (χ2v) is 4.88. The summed E-state index contributed by atoms with van der Waals surface area (Å²) in [5, 5.41) is 14.9. The van der Waals surface area contributed by atoms with Crippen LogP contribution in [0.1, 0.15) is 53.9 Å². The Labute approximate surface area is 109 Å². The third kappa shape index (κ3) is 4.64. The smallest absolute Gasteiger partial charge is 0.323 e. The number of carbonyl (C=O) groups is 2. The molecule has 1 amide bonds. The van der Waals surface area contributed by atoms with Crippen LogP contribution in [-0.4, -0.2) is 34.6 Å². The van der Waals surface area contributed by atoms with Gasteiger partial charge in [-0.05, 0) is 33.1 Å². The first kappa shape index (κ1) is 16.9. The quantitative estimate of drug-likeness (QED) is 0.617. The minimum Gasteiger partial charge on any atom is -0.480 e. The maximum atomic E-state index is 11.9. The van der Waals surface area contributed by atoms with E-state index in [-0.39, 0.29) is 11.9 Å². The van der Waals surface area contributed by atoms with Crippen molar-refractivity contribution < 1.29 is 14.7 Å². The summed E-state index contributed by atoms with van der Waals surface area (Å²) in [6.45, 7) is 9.09. The van der Waals surface area contributed by atoms with Crippen LogP contribution < -0.4 is 10.6 Å². The van der Waals surface area contributed by atoms with Gasteiger partial charge in [0.2, 0.25) is 5.91 Å². The minimum absolute atomic E-state index is 0.148. The van der Waals surface area contributed by atoms with Gasteiger partial charge < -0.3 is 10.4 Å². The average molecular weight is 258 g/mol. The summed E-state index contributed by atoms with van der Waals surface area (Å²) in [5.41, 5.74) is -1.06. The fourth-order valence-electron chi connectivity index (χ4n) is 1.68. The molecular weight excluding hydrogens is 232 g/mol. The first-order valence-corrected chi connectivity index (χ1v) is 6.62. The first-order valence-electron chi connectivity index (χ1n) is 6.62. The van der Waals surface area contributed by atoms with Crippen molar-refractivity contribution >= 4 is 11.9 Å². The lowest BCUT2D eigenvalue weighted by molar-refractivity contribution is -0.145. The summed E-state index contributed by atoms with van der Waals surface area (Å²) < 4.78 is 0. The lowest BCUT2D eigenvalue weighted by atomic mass is 9.98. The van der Waals surface area contributed by atoms with E-state index in [0.29, 0.717) is 6.42 Å². The van der Waals surface area contributed by atoms with Crippen molar-refractivity contribution in [2.24, 2.45) is 0 Å². The summed E-state index contributed by atoms with van der Waals surface area (Å²) in [5.74, 6) is -1.09. The van der Waals surface area contributed by atoms with Gasteiger partial charge >= 0.3 is 5.97 Å². The highest BCUT2D eigenvalue weighted by Crippen LogP contribution is 2.10.